The van der Waals surface area contributed by atoms with E-state index in [4.69, 9.17) is 25.5 Å². The number of carbonyl (C=O) groups is 4. The first-order valence-corrected chi connectivity index (χ1v) is 12.1. The van der Waals surface area contributed by atoms with Crippen LogP contribution in [0.4, 0.5) is 17.6 Å². The summed E-state index contributed by atoms with van der Waals surface area (Å²) in [5, 5.41) is 18.6. The second-order valence-electron chi connectivity index (χ2n) is 8.85. The second kappa shape index (κ2) is 14.8. The smallest absolute Gasteiger partial charge is 0.482 e. The summed E-state index contributed by atoms with van der Waals surface area (Å²) >= 11 is 0. The monoisotopic (exact) mass is 571 g/mol. The predicted octanol–water partition coefficient (Wildman–Crippen LogP) is 2.49. The molecule has 2 amide bonds. The summed E-state index contributed by atoms with van der Waals surface area (Å²) in [6.45, 7) is 0.327. The van der Waals surface area contributed by atoms with Gasteiger partial charge in [0.1, 0.15) is 17.6 Å². The first-order chi connectivity index (χ1) is 18.8. The van der Waals surface area contributed by atoms with Gasteiger partial charge in [0.15, 0.2) is 6.61 Å². The number of amides is 2. The molecule has 0 aromatic heterocycles. The number of carboxylic acid groups (broad SMARTS) is 2. The fourth-order valence-corrected chi connectivity index (χ4v) is 3.85. The molecule has 10 nitrogen and oxygen atoms in total. The molecule has 14 heteroatoms. The normalized spacial score (nSPS) is 15.4. The van der Waals surface area contributed by atoms with Gasteiger partial charge in [-0.25, -0.2) is 14.0 Å². The van der Waals surface area contributed by atoms with Crippen molar-refractivity contribution in [1.29, 1.82) is 0 Å². The average molecular weight is 572 g/mol. The average Bonchev–Trinajstić information content (AvgIpc) is 3.38. The molecule has 1 aliphatic rings. The van der Waals surface area contributed by atoms with Crippen molar-refractivity contribution in [3.05, 3.63) is 65.5 Å². The summed E-state index contributed by atoms with van der Waals surface area (Å²) in [6.07, 6.45) is -3.50. The van der Waals surface area contributed by atoms with Crippen LogP contribution in [0.25, 0.3) is 0 Å². The Labute approximate surface area is 226 Å². The Bertz CT molecular complexity index is 1180. The van der Waals surface area contributed by atoms with Crippen LogP contribution in [0, 0.1) is 5.82 Å². The first-order valence-electron chi connectivity index (χ1n) is 12.1. The minimum atomic E-state index is -5.08. The number of rotatable bonds is 10. The number of halogens is 4. The van der Waals surface area contributed by atoms with Crippen LogP contribution in [-0.4, -0.2) is 70.3 Å². The van der Waals surface area contributed by atoms with Crippen molar-refractivity contribution in [2.75, 3.05) is 13.2 Å². The van der Waals surface area contributed by atoms with Crippen LogP contribution in [0.5, 0.6) is 5.75 Å². The lowest BCUT2D eigenvalue weighted by molar-refractivity contribution is -0.192. The van der Waals surface area contributed by atoms with Gasteiger partial charge in [-0.3, -0.25) is 9.59 Å². The van der Waals surface area contributed by atoms with Crippen molar-refractivity contribution in [3.8, 4) is 5.75 Å². The van der Waals surface area contributed by atoms with Crippen molar-refractivity contribution in [3.63, 3.8) is 0 Å². The highest BCUT2D eigenvalue weighted by Gasteiger charge is 2.38. The Balaban J connectivity index is 0.000000708. The molecule has 0 bridgehead atoms. The van der Waals surface area contributed by atoms with E-state index in [0.717, 1.165) is 12.0 Å². The number of aliphatic carboxylic acids is 2. The van der Waals surface area contributed by atoms with Gasteiger partial charge in [-0.2, -0.15) is 13.2 Å². The van der Waals surface area contributed by atoms with Crippen LogP contribution < -0.4 is 15.8 Å². The Morgan fingerprint density at radius 2 is 1.70 bits per heavy atom. The molecule has 1 saturated heterocycles. The summed E-state index contributed by atoms with van der Waals surface area (Å²) in [4.78, 5) is 46.5. The Morgan fingerprint density at radius 1 is 1.07 bits per heavy atom. The van der Waals surface area contributed by atoms with E-state index >= 15 is 0 Å². The van der Waals surface area contributed by atoms with E-state index < -0.39 is 36.8 Å². The molecule has 2 atom stereocenters. The molecular weight excluding hydrogens is 542 g/mol. The highest BCUT2D eigenvalue weighted by Crippen LogP contribution is 2.20. The topological polar surface area (TPSA) is 159 Å². The highest BCUT2D eigenvalue weighted by atomic mass is 19.4. The van der Waals surface area contributed by atoms with E-state index in [1.165, 1.54) is 6.07 Å². The van der Waals surface area contributed by atoms with E-state index in [-0.39, 0.29) is 37.0 Å². The largest absolute Gasteiger partial charge is 0.490 e. The van der Waals surface area contributed by atoms with E-state index in [2.05, 4.69) is 5.32 Å². The third-order valence-corrected chi connectivity index (χ3v) is 5.75. The van der Waals surface area contributed by atoms with Crippen molar-refractivity contribution in [1.82, 2.24) is 10.2 Å². The van der Waals surface area contributed by atoms with E-state index in [9.17, 15) is 31.9 Å². The molecule has 5 N–H and O–H groups in total. The summed E-state index contributed by atoms with van der Waals surface area (Å²) < 4.78 is 50.7. The van der Waals surface area contributed by atoms with Crippen LogP contribution >= 0.6 is 0 Å². The van der Waals surface area contributed by atoms with Crippen molar-refractivity contribution in [2.45, 2.75) is 50.5 Å². The molecule has 1 heterocycles. The molecule has 1 unspecified atom stereocenters. The van der Waals surface area contributed by atoms with Crippen LogP contribution in [0.3, 0.4) is 0 Å². The second-order valence-corrected chi connectivity index (χ2v) is 8.85. The van der Waals surface area contributed by atoms with Gasteiger partial charge >= 0.3 is 18.1 Å². The number of hydrogen-bond donors (Lipinski definition) is 4. The van der Waals surface area contributed by atoms with Crippen LogP contribution in [-0.2, 0) is 32.1 Å². The quantitative estimate of drug-likeness (QED) is 0.317. The van der Waals surface area contributed by atoms with Gasteiger partial charge in [0, 0.05) is 25.6 Å². The maximum atomic E-state index is 13.8. The van der Waals surface area contributed by atoms with Crippen LogP contribution in [0.2, 0.25) is 0 Å². The first kappa shape index (κ1) is 32.0. The zero-order chi connectivity index (χ0) is 29.9. The predicted molar refractivity (Wildman–Crippen MR) is 133 cm³/mol. The fourth-order valence-electron chi connectivity index (χ4n) is 3.85. The molecule has 0 saturated carbocycles. The Morgan fingerprint density at radius 3 is 2.27 bits per heavy atom. The summed E-state index contributed by atoms with van der Waals surface area (Å²) in [5.74, 6) is -4.19. The number of nitrogens with one attached hydrogen (secondary N) is 1. The summed E-state index contributed by atoms with van der Waals surface area (Å²) in [5.41, 5.74) is 7.37. The molecule has 1 fully saturated rings. The zero-order valence-corrected chi connectivity index (χ0v) is 21.2. The number of benzene rings is 2. The van der Waals surface area contributed by atoms with Crippen molar-refractivity contribution >= 4 is 23.8 Å². The number of ether oxygens (including phenoxy) is 1. The molecule has 40 heavy (non-hydrogen) atoms. The van der Waals surface area contributed by atoms with Crippen molar-refractivity contribution in [2.24, 2.45) is 5.73 Å². The highest BCUT2D eigenvalue weighted by molar-refractivity contribution is 5.88. The van der Waals surface area contributed by atoms with Gasteiger partial charge in [-0.05, 0) is 48.6 Å². The van der Waals surface area contributed by atoms with Crippen molar-refractivity contribution < 1.29 is 51.7 Å². The summed E-state index contributed by atoms with van der Waals surface area (Å²) in [7, 11) is 0. The molecule has 2 aromatic rings. The lowest BCUT2D eigenvalue weighted by Crippen LogP contribution is -2.47. The fraction of sp³-hybridized carbons (Fsp3) is 0.385. The molecule has 0 spiro atoms. The third-order valence-electron chi connectivity index (χ3n) is 5.75. The minimum absolute atomic E-state index is 0.0376. The van der Waals surface area contributed by atoms with Crippen LogP contribution in [0.15, 0.2) is 48.5 Å². The number of carboxylic acids is 2. The number of likely N-dealkylation sites (tertiary alicyclic amines) is 1. The van der Waals surface area contributed by atoms with Gasteiger partial charge in [-0.15, -0.1) is 0 Å². The number of carbonyl (C=O) groups excluding carboxylic acids is 2. The van der Waals surface area contributed by atoms with Gasteiger partial charge < -0.3 is 30.9 Å². The molecule has 2 aromatic carbocycles. The SMILES string of the molecule is NC(CC(=O)N1CCC[C@H]1C(=O)NCc1ccc(OCC(=O)O)cc1)Cc1ccccc1F.O=C(O)C(F)(F)F. The Hall–Kier alpha value is -4.20. The minimum Gasteiger partial charge on any atom is -0.482 e. The molecule has 3 rings (SSSR count). The van der Waals surface area contributed by atoms with Gasteiger partial charge in [0.2, 0.25) is 11.8 Å². The van der Waals surface area contributed by atoms with E-state index in [1.807, 2.05) is 0 Å². The van der Waals surface area contributed by atoms with E-state index in [1.54, 1.807) is 47.4 Å². The number of alkyl halides is 3. The lowest BCUT2D eigenvalue weighted by atomic mass is 10.0. The number of nitrogens with two attached hydrogens (primary N) is 1. The van der Waals surface area contributed by atoms with Gasteiger partial charge in [-0.1, -0.05) is 30.3 Å². The maximum absolute atomic E-state index is 13.8. The third kappa shape index (κ3) is 10.5. The maximum Gasteiger partial charge on any atom is 0.490 e. The summed E-state index contributed by atoms with van der Waals surface area (Å²) in [6, 6.07) is 12.0. The number of nitrogens with zero attached hydrogens (tertiary/aromatic N) is 1. The van der Waals surface area contributed by atoms with Gasteiger partial charge in [0.05, 0.1) is 0 Å². The molecular formula is C26H29F4N3O7. The lowest BCUT2D eigenvalue weighted by Gasteiger charge is -2.25. The standard InChI is InChI=1S/C24H28FN3O5.C2HF3O2/c25-20-5-2-1-4-17(20)12-18(26)13-22(29)28-11-3-6-21(28)24(32)27-14-16-7-9-19(10-8-16)33-15-23(30)31;3-2(4,5)1(6)7/h1-2,4-5,7-10,18,21H,3,6,11-15,26H2,(H,27,32)(H,30,31);(H,6,7)/t18?,21-;/m0./s1. The molecule has 218 valence electrons. The molecule has 1 aliphatic heterocycles. The number of hydrogen-bond acceptors (Lipinski definition) is 6. The zero-order valence-electron chi connectivity index (χ0n) is 21.2. The Kier molecular flexibility index (Phi) is 11.9. The van der Waals surface area contributed by atoms with Crippen LogP contribution in [0.1, 0.15) is 30.4 Å². The molecule has 0 radical (unpaired) electrons. The van der Waals surface area contributed by atoms with E-state index in [0.29, 0.717) is 24.3 Å². The molecule has 0 aliphatic carbocycles. The van der Waals surface area contributed by atoms with Gasteiger partial charge in [0.25, 0.3) is 0 Å².